The van der Waals surface area contributed by atoms with Crippen molar-refractivity contribution in [3.8, 4) is 5.75 Å². The van der Waals surface area contributed by atoms with Gasteiger partial charge in [0.25, 0.3) is 0 Å². The summed E-state index contributed by atoms with van der Waals surface area (Å²) in [6.07, 6.45) is 2.67. The molecule has 3 nitrogen and oxygen atoms in total. The molecular weight excluding hydrogens is 202 g/mol. The van der Waals surface area contributed by atoms with Gasteiger partial charge in [-0.25, -0.2) is 0 Å². The van der Waals surface area contributed by atoms with Crippen molar-refractivity contribution in [1.29, 1.82) is 0 Å². The van der Waals surface area contributed by atoms with Crippen LogP contribution in [0.5, 0.6) is 5.75 Å². The van der Waals surface area contributed by atoms with Gasteiger partial charge in [-0.15, -0.1) is 0 Å². The minimum atomic E-state index is 0.163. The summed E-state index contributed by atoms with van der Waals surface area (Å²) >= 11 is 0. The van der Waals surface area contributed by atoms with Gasteiger partial charge in [0, 0.05) is 24.6 Å². The molecule has 0 bridgehead atoms. The smallest absolute Gasteiger partial charge is 0.168 e. The minimum absolute atomic E-state index is 0.163. The van der Waals surface area contributed by atoms with E-state index in [0.717, 1.165) is 37.2 Å². The van der Waals surface area contributed by atoms with Crippen molar-refractivity contribution >= 4 is 5.78 Å². The van der Waals surface area contributed by atoms with E-state index in [1.54, 1.807) is 0 Å². The lowest BCUT2D eigenvalue weighted by Crippen LogP contribution is -2.46. The molecule has 2 fully saturated rings. The van der Waals surface area contributed by atoms with E-state index in [1.807, 2.05) is 24.3 Å². The summed E-state index contributed by atoms with van der Waals surface area (Å²) in [6.45, 7) is 1.62. The molecule has 1 aliphatic carbocycles. The van der Waals surface area contributed by atoms with Gasteiger partial charge >= 0.3 is 0 Å². The largest absolute Gasteiger partial charge is 0.490 e. The quantitative estimate of drug-likeness (QED) is 0.779. The summed E-state index contributed by atoms with van der Waals surface area (Å²) in [5.74, 6) is 1.23. The average molecular weight is 217 g/mol. The third-order valence-electron chi connectivity index (χ3n) is 3.10. The summed E-state index contributed by atoms with van der Waals surface area (Å²) in [6, 6.07) is 7.57. The van der Waals surface area contributed by atoms with Gasteiger partial charge in [0.1, 0.15) is 5.75 Å². The van der Waals surface area contributed by atoms with Crippen LogP contribution in [0.3, 0.4) is 0 Å². The van der Waals surface area contributed by atoms with Gasteiger partial charge in [0.05, 0.1) is 6.10 Å². The van der Waals surface area contributed by atoms with Gasteiger partial charge in [-0.1, -0.05) is 12.1 Å². The number of carbonyl (C=O) groups excluding carboxylic acids is 1. The summed E-state index contributed by atoms with van der Waals surface area (Å²) in [5.41, 5.74) is 0.782. The number of ketones is 1. The van der Waals surface area contributed by atoms with E-state index in [4.69, 9.17) is 4.74 Å². The maximum absolute atomic E-state index is 12.0. The van der Waals surface area contributed by atoms with Gasteiger partial charge in [-0.05, 0) is 25.0 Å². The summed E-state index contributed by atoms with van der Waals surface area (Å²) in [5, 5.41) is 3.12. The lowest BCUT2D eigenvalue weighted by atomic mass is 9.93. The highest BCUT2D eigenvalue weighted by Crippen LogP contribution is 2.27. The van der Waals surface area contributed by atoms with Crippen LogP contribution in [0.1, 0.15) is 23.2 Å². The molecule has 0 aromatic heterocycles. The molecule has 0 spiro atoms. The van der Waals surface area contributed by atoms with E-state index in [1.165, 1.54) is 0 Å². The molecule has 84 valence electrons. The van der Waals surface area contributed by atoms with Gasteiger partial charge in [0.2, 0.25) is 0 Å². The Morgan fingerprint density at radius 2 is 2.12 bits per heavy atom. The number of ether oxygens (including phenoxy) is 1. The molecule has 1 N–H and O–H groups in total. The second-order valence-electron chi connectivity index (χ2n) is 4.56. The van der Waals surface area contributed by atoms with E-state index in [2.05, 4.69) is 5.32 Å². The molecule has 16 heavy (non-hydrogen) atoms. The second-order valence-corrected chi connectivity index (χ2v) is 4.56. The Kier molecular flexibility index (Phi) is 2.40. The topological polar surface area (TPSA) is 38.3 Å². The predicted octanol–water partition coefficient (Wildman–Crippen LogP) is 1.63. The van der Waals surface area contributed by atoms with Crippen molar-refractivity contribution in [3.63, 3.8) is 0 Å². The van der Waals surface area contributed by atoms with Crippen molar-refractivity contribution in [2.24, 2.45) is 5.92 Å². The first kappa shape index (κ1) is 9.85. The summed E-state index contributed by atoms with van der Waals surface area (Å²) in [4.78, 5) is 12.0. The summed E-state index contributed by atoms with van der Waals surface area (Å²) in [7, 11) is 0. The zero-order chi connectivity index (χ0) is 11.0. The van der Waals surface area contributed by atoms with Crippen LogP contribution in [0.25, 0.3) is 0 Å². The number of benzene rings is 1. The summed E-state index contributed by atoms with van der Waals surface area (Å²) < 4.78 is 5.68. The third-order valence-corrected chi connectivity index (χ3v) is 3.10. The Morgan fingerprint density at radius 3 is 2.75 bits per heavy atom. The molecule has 0 atom stereocenters. The van der Waals surface area contributed by atoms with E-state index in [-0.39, 0.29) is 11.7 Å². The molecule has 1 aromatic carbocycles. The molecule has 3 heteroatoms. The standard InChI is InChI=1S/C13H15NO2/c15-13(10-7-14-8-10)9-2-1-3-12(6-9)16-11-4-5-11/h1-3,6,10-11,14H,4-5,7-8H2. The molecule has 1 aliphatic heterocycles. The fourth-order valence-corrected chi connectivity index (χ4v) is 1.81. The van der Waals surface area contributed by atoms with Crippen LogP contribution >= 0.6 is 0 Å². The van der Waals surface area contributed by atoms with Gasteiger partial charge in [-0.2, -0.15) is 0 Å². The van der Waals surface area contributed by atoms with Gasteiger partial charge in [0.15, 0.2) is 5.78 Å². The van der Waals surface area contributed by atoms with Gasteiger partial charge < -0.3 is 10.1 Å². The van der Waals surface area contributed by atoms with E-state index in [9.17, 15) is 4.79 Å². The molecule has 0 unspecified atom stereocenters. The number of carbonyl (C=O) groups is 1. The number of Topliss-reactive ketones (excluding diaryl/α,β-unsaturated/α-hetero) is 1. The molecule has 1 heterocycles. The second kappa shape index (κ2) is 3.91. The lowest BCUT2D eigenvalue weighted by molar-refractivity contribution is 0.0877. The van der Waals surface area contributed by atoms with Crippen LogP contribution in [0.15, 0.2) is 24.3 Å². The molecule has 2 aliphatic rings. The number of hydrogen-bond acceptors (Lipinski definition) is 3. The van der Waals surface area contributed by atoms with Crippen LogP contribution < -0.4 is 10.1 Å². The van der Waals surface area contributed by atoms with Crippen molar-refractivity contribution in [1.82, 2.24) is 5.32 Å². The first-order valence-corrected chi connectivity index (χ1v) is 5.84. The molecule has 1 saturated carbocycles. The van der Waals surface area contributed by atoms with E-state index >= 15 is 0 Å². The molecular formula is C13H15NO2. The van der Waals surface area contributed by atoms with Gasteiger partial charge in [-0.3, -0.25) is 4.79 Å². The monoisotopic (exact) mass is 217 g/mol. The molecule has 1 saturated heterocycles. The Hall–Kier alpha value is -1.35. The number of nitrogens with one attached hydrogen (secondary N) is 1. The molecule has 0 amide bonds. The number of rotatable bonds is 4. The lowest BCUT2D eigenvalue weighted by Gasteiger charge is -2.25. The van der Waals surface area contributed by atoms with Crippen molar-refractivity contribution < 1.29 is 9.53 Å². The predicted molar refractivity (Wildman–Crippen MR) is 60.8 cm³/mol. The third kappa shape index (κ3) is 1.95. The molecule has 1 aromatic rings. The van der Waals surface area contributed by atoms with Crippen LogP contribution in [0, 0.1) is 5.92 Å². The highest BCUT2D eigenvalue weighted by Gasteiger charge is 2.27. The van der Waals surface area contributed by atoms with Crippen LogP contribution in [-0.2, 0) is 0 Å². The van der Waals surface area contributed by atoms with Crippen molar-refractivity contribution in [2.45, 2.75) is 18.9 Å². The van der Waals surface area contributed by atoms with E-state index < -0.39 is 0 Å². The highest BCUT2D eigenvalue weighted by molar-refractivity contribution is 5.99. The first-order valence-electron chi connectivity index (χ1n) is 5.84. The minimum Gasteiger partial charge on any atom is -0.490 e. The Labute approximate surface area is 94.8 Å². The Morgan fingerprint density at radius 1 is 1.31 bits per heavy atom. The average Bonchev–Trinajstić information content (AvgIpc) is 2.99. The zero-order valence-corrected chi connectivity index (χ0v) is 9.11. The fourth-order valence-electron chi connectivity index (χ4n) is 1.81. The maximum atomic E-state index is 12.0. The van der Waals surface area contributed by atoms with Crippen LogP contribution in [0.4, 0.5) is 0 Å². The Balaban J connectivity index is 1.74. The highest BCUT2D eigenvalue weighted by atomic mass is 16.5. The Bertz CT molecular complexity index is 408. The van der Waals surface area contributed by atoms with Crippen LogP contribution in [-0.4, -0.2) is 25.0 Å². The molecule has 3 rings (SSSR count). The SMILES string of the molecule is O=C(c1cccc(OC2CC2)c1)C1CNC1. The maximum Gasteiger partial charge on any atom is 0.168 e. The fraction of sp³-hybridized carbons (Fsp3) is 0.462. The zero-order valence-electron chi connectivity index (χ0n) is 9.11. The molecule has 0 radical (unpaired) electrons. The number of hydrogen-bond donors (Lipinski definition) is 1. The van der Waals surface area contributed by atoms with Crippen LogP contribution in [0.2, 0.25) is 0 Å². The van der Waals surface area contributed by atoms with E-state index in [0.29, 0.717) is 6.10 Å². The van der Waals surface area contributed by atoms with Crippen molar-refractivity contribution in [3.05, 3.63) is 29.8 Å². The first-order chi connectivity index (χ1) is 7.83. The normalized spacial score (nSPS) is 20.2. The van der Waals surface area contributed by atoms with Crippen molar-refractivity contribution in [2.75, 3.05) is 13.1 Å².